The molecule has 0 fully saturated rings. The van der Waals surface area contributed by atoms with Crippen molar-refractivity contribution in [3.63, 3.8) is 0 Å². The summed E-state index contributed by atoms with van der Waals surface area (Å²) < 4.78 is 20.6. The van der Waals surface area contributed by atoms with Gasteiger partial charge in [0.05, 0.1) is 19.0 Å². The topological polar surface area (TPSA) is 73.2 Å². The molecule has 0 aliphatic heterocycles. The highest BCUT2D eigenvalue weighted by Crippen LogP contribution is 2.31. The lowest BCUT2D eigenvalue weighted by Gasteiger charge is -2.08. The number of thiophene rings is 1. The van der Waals surface area contributed by atoms with Gasteiger partial charge >= 0.3 is 0 Å². The first-order valence-electron chi connectivity index (χ1n) is 9.60. The summed E-state index contributed by atoms with van der Waals surface area (Å²) in [4.78, 5) is 30.4. The highest BCUT2D eigenvalue weighted by atomic mass is 32.1. The number of ether oxygens (including phenoxy) is 1. The van der Waals surface area contributed by atoms with Crippen LogP contribution in [0.4, 0.5) is 4.39 Å². The van der Waals surface area contributed by atoms with Crippen LogP contribution < -0.4 is 15.6 Å². The van der Waals surface area contributed by atoms with Crippen molar-refractivity contribution in [1.29, 1.82) is 0 Å². The second-order valence-electron chi connectivity index (χ2n) is 7.09. The summed E-state index contributed by atoms with van der Waals surface area (Å²) in [6.45, 7) is 1.70. The van der Waals surface area contributed by atoms with Crippen molar-refractivity contribution in [1.82, 2.24) is 14.9 Å². The Kier molecular flexibility index (Phi) is 5.81. The maximum atomic E-state index is 13.6. The Morgan fingerprint density at radius 1 is 1.19 bits per heavy atom. The van der Waals surface area contributed by atoms with Crippen LogP contribution in [0.1, 0.15) is 11.1 Å². The van der Waals surface area contributed by atoms with E-state index >= 15 is 0 Å². The SMILES string of the molecule is COc1ccc(-c2cc3ncn(CC(=O)NCc4ccc(C)c(F)c4)c(=O)c3s2)cc1. The van der Waals surface area contributed by atoms with E-state index in [1.54, 1.807) is 26.2 Å². The van der Waals surface area contributed by atoms with Crippen molar-refractivity contribution in [2.24, 2.45) is 0 Å². The van der Waals surface area contributed by atoms with E-state index in [0.29, 0.717) is 21.3 Å². The number of benzene rings is 2. The lowest BCUT2D eigenvalue weighted by molar-refractivity contribution is -0.121. The largest absolute Gasteiger partial charge is 0.497 e. The molecule has 0 aliphatic rings. The number of halogens is 1. The highest BCUT2D eigenvalue weighted by molar-refractivity contribution is 7.22. The third kappa shape index (κ3) is 4.49. The smallest absolute Gasteiger partial charge is 0.271 e. The lowest BCUT2D eigenvalue weighted by Crippen LogP contribution is -2.31. The minimum atomic E-state index is -0.351. The van der Waals surface area contributed by atoms with E-state index in [9.17, 15) is 14.0 Å². The molecule has 0 saturated carbocycles. The van der Waals surface area contributed by atoms with Gasteiger partial charge in [0, 0.05) is 11.4 Å². The van der Waals surface area contributed by atoms with Crippen LogP contribution in [0.15, 0.2) is 59.7 Å². The summed E-state index contributed by atoms with van der Waals surface area (Å²) in [5.74, 6) is 0.0869. The molecule has 0 aliphatic carbocycles. The highest BCUT2D eigenvalue weighted by Gasteiger charge is 2.13. The normalized spacial score (nSPS) is 10.9. The van der Waals surface area contributed by atoms with Gasteiger partial charge in [0.1, 0.15) is 22.8 Å². The van der Waals surface area contributed by atoms with Gasteiger partial charge in [0.2, 0.25) is 5.91 Å². The van der Waals surface area contributed by atoms with Crippen molar-refractivity contribution in [3.05, 3.63) is 82.2 Å². The molecular formula is C23H20FN3O3S. The Morgan fingerprint density at radius 2 is 1.97 bits per heavy atom. The number of fused-ring (bicyclic) bond motifs is 1. The molecule has 4 aromatic rings. The van der Waals surface area contributed by atoms with E-state index < -0.39 is 0 Å². The third-order valence-electron chi connectivity index (χ3n) is 4.92. The molecule has 1 amide bonds. The number of rotatable bonds is 6. The van der Waals surface area contributed by atoms with E-state index in [1.807, 2.05) is 30.3 Å². The summed E-state index contributed by atoms with van der Waals surface area (Å²) in [5.41, 5.74) is 2.47. The molecule has 0 unspecified atom stereocenters. The molecule has 8 heteroatoms. The summed E-state index contributed by atoms with van der Waals surface area (Å²) in [5, 5.41) is 2.71. The zero-order valence-corrected chi connectivity index (χ0v) is 17.8. The number of aromatic nitrogens is 2. The van der Waals surface area contributed by atoms with Crippen LogP contribution in [0.3, 0.4) is 0 Å². The molecule has 158 valence electrons. The standard InChI is InChI=1S/C23H20FN3O3S/c1-14-3-4-15(9-18(14)24)11-25-21(28)12-27-13-26-19-10-20(31-22(19)23(27)29)16-5-7-17(30-2)8-6-16/h3-10,13H,11-12H2,1-2H3,(H,25,28). The molecule has 0 spiro atoms. The minimum absolute atomic E-state index is 0.161. The molecule has 0 atom stereocenters. The van der Waals surface area contributed by atoms with Crippen LogP contribution in [0.25, 0.3) is 20.7 Å². The fraction of sp³-hybridized carbons (Fsp3) is 0.174. The molecule has 0 saturated heterocycles. The summed E-state index contributed by atoms with van der Waals surface area (Å²) in [6.07, 6.45) is 1.38. The number of hydrogen-bond acceptors (Lipinski definition) is 5. The second kappa shape index (κ2) is 8.69. The van der Waals surface area contributed by atoms with Crippen LogP contribution in [0.2, 0.25) is 0 Å². The molecule has 31 heavy (non-hydrogen) atoms. The maximum absolute atomic E-state index is 13.6. The number of aryl methyl sites for hydroxylation is 1. The van der Waals surface area contributed by atoms with Gasteiger partial charge in [-0.3, -0.25) is 14.2 Å². The quantitative estimate of drug-likeness (QED) is 0.497. The van der Waals surface area contributed by atoms with Gasteiger partial charge in [-0.1, -0.05) is 12.1 Å². The van der Waals surface area contributed by atoms with Crippen LogP contribution in [0.5, 0.6) is 5.75 Å². The van der Waals surface area contributed by atoms with Crippen molar-refractivity contribution in [2.45, 2.75) is 20.0 Å². The molecule has 0 radical (unpaired) electrons. The summed E-state index contributed by atoms with van der Waals surface area (Å²) in [7, 11) is 1.61. The van der Waals surface area contributed by atoms with Crippen LogP contribution in [-0.2, 0) is 17.9 Å². The Bertz CT molecular complexity index is 1310. The van der Waals surface area contributed by atoms with E-state index in [4.69, 9.17) is 4.74 Å². The van der Waals surface area contributed by atoms with Crippen LogP contribution >= 0.6 is 11.3 Å². The molecule has 2 heterocycles. The van der Waals surface area contributed by atoms with Gasteiger partial charge in [0.25, 0.3) is 5.56 Å². The number of amides is 1. The van der Waals surface area contributed by atoms with Crippen molar-refractivity contribution in [3.8, 4) is 16.2 Å². The van der Waals surface area contributed by atoms with Gasteiger partial charge in [-0.15, -0.1) is 11.3 Å². The number of hydrogen-bond donors (Lipinski definition) is 1. The zero-order chi connectivity index (χ0) is 22.0. The monoisotopic (exact) mass is 437 g/mol. The van der Waals surface area contributed by atoms with E-state index in [2.05, 4.69) is 10.3 Å². The number of carbonyl (C=O) groups excluding carboxylic acids is 1. The Hall–Kier alpha value is -3.52. The molecule has 2 aromatic carbocycles. The third-order valence-corrected chi connectivity index (χ3v) is 6.08. The number of nitrogens with zero attached hydrogens (tertiary/aromatic N) is 2. The molecule has 2 aromatic heterocycles. The minimum Gasteiger partial charge on any atom is -0.497 e. The van der Waals surface area contributed by atoms with Gasteiger partial charge in [0.15, 0.2) is 0 Å². The van der Waals surface area contributed by atoms with Crippen LogP contribution in [0, 0.1) is 12.7 Å². The van der Waals surface area contributed by atoms with E-state index in [0.717, 1.165) is 16.2 Å². The van der Waals surface area contributed by atoms with Gasteiger partial charge in [-0.25, -0.2) is 9.37 Å². The Balaban J connectivity index is 1.50. The predicted molar refractivity (Wildman–Crippen MR) is 119 cm³/mol. The average molecular weight is 437 g/mol. The predicted octanol–water partition coefficient (Wildman–Crippen LogP) is 3.90. The van der Waals surface area contributed by atoms with Crippen molar-refractivity contribution >= 4 is 27.5 Å². The van der Waals surface area contributed by atoms with E-state index in [1.165, 1.54) is 28.3 Å². The van der Waals surface area contributed by atoms with Crippen molar-refractivity contribution < 1.29 is 13.9 Å². The van der Waals surface area contributed by atoms with Crippen molar-refractivity contribution in [2.75, 3.05) is 7.11 Å². The number of carbonyl (C=O) groups is 1. The van der Waals surface area contributed by atoms with Gasteiger partial charge in [-0.2, -0.15) is 0 Å². The first-order valence-corrected chi connectivity index (χ1v) is 10.4. The van der Waals surface area contributed by atoms with Crippen LogP contribution in [-0.4, -0.2) is 22.6 Å². The molecular weight excluding hydrogens is 417 g/mol. The molecule has 0 bridgehead atoms. The molecule has 4 rings (SSSR count). The Labute approximate surface area is 181 Å². The summed E-state index contributed by atoms with van der Waals surface area (Å²) in [6, 6.07) is 14.2. The van der Waals surface area contributed by atoms with Gasteiger partial charge < -0.3 is 10.1 Å². The number of methoxy groups -OCH3 is 1. The first kappa shape index (κ1) is 20.7. The van der Waals surface area contributed by atoms with E-state index in [-0.39, 0.29) is 30.4 Å². The first-order chi connectivity index (χ1) is 14.9. The zero-order valence-electron chi connectivity index (χ0n) is 17.0. The molecule has 6 nitrogen and oxygen atoms in total. The fourth-order valence-electron chi connectivity index (χ4n) is 3.11. The second-order valence-corrected chi connectivity index (χ2v) is 8.14. The maximum Gasteiger partial charge on any atom is 0.271 e. The van der Waals surface area contributed by atoms with Gasteiger partial charge in [-0.05, 0) is 60.0 Å². The lowest BCUT2D eigenvalue weighted by atomic mass is 10.1. The summed E-state index contributed by atoms with van der Waals surface area (Å²) >= 11 is 1.33. The molecule has 1 N–H and O–H groups in total. The fourth-order valence-corrected chi connectivity index (χ4v) is 4.18. The number of nitrogens with one attached hydrogen (secondary N) is 1. The Morgan fingerprint density at radius 3 is 2.68 bits per heavy atom. The average Bonchev–Trinajstić information content (AvgIpc) is 3.22.